The summed E-state index contributed by atoms with van der Waals surface area (Å²) >= 11 is 0.861. The van der Waals surface area contributed by atoms with Crippen LogP contribution in [0.1, 0.15) is 18.9 Å². The maximum atomic E-state index is 12.2. The van der Waals surface area contributed by atoms with Crippen LogP contribution in [-0.4, -0.2) is 35.0 Å². The largest absolute Gasteiger partial charge is 0.355 e. The minimum Gasteiger partial charge on any atom is -0.355 e. The number of carbonyl (C=O) groups is 3. The van der Waals surface area contributed by atoms with E-state index in [1.54, 1.807) is 6.08 Å². The standard InChI is InChI=1S/C15H16N2O3S/c1-2-8-16-13(18)10-17-14(19)12(21-15(17)20)9-11-6-4-3-5-7-11/h3-7,9H,2,8,10H2,1H3,(H,16,18)/b12-9+. The van der Waals surface area contributed by atoms with E-state index in [0.29, 0.717) is 11.4 Å². The van der Waals surface area contributed by atoms with Gasteiger partial charge in [-0.2, -0.15) is 0 Å². The Morgan fingerprint density at radius 1 is 1.29 bits per heavy atom. The summed E-state index contributed by atoms with van der Waals surface area (Å²) in [6.07, 6.45) is 2.47. The molecule has 0 saturated carbocycles. The van der Waals surface area contributed by atoms with Gasteiger partial charge in [0.25, 0.3) is 11.1 Å². The Morgan fingerprint density at radius 3 is 2.67 bits per heavy atom. The van der Waals surface area contributed by atoms with E-state index in [1.807, 2.05) is 37.3 Å². The topological polar surface area (TPSA) is 66.5 Å². The maximum Gasteiger partial charge on any atom is 0.294 e. The van der Waals surface area contributed by atoms with E-state index >= 15 is 0 Å². The fourth-order valence-electron chi connectivity index (χ4n) is 1.80. The summed E-state index contributed by atoms with van der Waals surface area (Å²) in [5.74, 6) is -0.736. The third-order valence-corrected chi connectivity index (χ3v) is 3.75. The number of rotatable bonds is 5. The molecule has 0 unspecified atom stereocenters. The molecule has 110 valence electrons. The van der Waals surface area contributed by atoms with Gasteiger partial charge in [-0.1, -0.05) is 37.3 Å². The van der Waals surface area contributed by atoms with Crippen LogP contribution in [-0.2, 0) is 9.59 Å². The van der Waals surface area contributed by atoms with Crippen molar-refractivity contribution in [2.75, 3.05) is 13.1 Å². The Morgan fingerprint density at radius 2 is 2.00 bits per heavy atom. The predicted molar refractivity (Wildman–Crippen MR) is 82.4 cm³/mol. The minimum atomic E-state index is -0.416. The molecule has 1 heterocycles. The van der Waals surface area contributed by atoms with Crippen molar-refractivity contribution in [1.29, 1.82) is 0 Å². The van der Waals surface area contributed by atoms with Crippen LogP contribution in [0.4, 0.5) is 4.79 Å². The van der Waals surface area contributed by atoms with Crippen molar-refractivity contribution in [3.8, 4) is 0 Å². The van der Waals surface area contributed by atoms with Crippen LogP contribution < -0.4 is 5.32 Å². The zero-order valence-corrected chi connectivity index (χ0v) is 12.5. The van der Waals surface area contributed by atoms with Crippen LogP contribution in [0.3, 0.4) is 0 Å². The number of hydrogen-bond acceptors (Lipinski definition) is 4. The van der Waals surface area contributed by atoms with Crippen LogP contribution in [0.25, 0.3) is 6.08 Å². The summed E-state index contributed by atoms with van der Waals surface area (Å²) in [5.41, 5.74) is 0.846. The zero-order chi connectivity index (χ0) is 15.2. The van der Waals surface area contributed by atoms with Gasteiger partial charge in [-0.3, -0.25) is 19.3 Å². The summed E-state index contributed by atoms with van der Waals surface area (Å²) in [7, 11) is 0. The van der Waals surface area contributed by atoms with Gasteiger partial charge in [0.05, 0.1) is 4.91 Å². The lowest BCUT2D eigenvalue weighted by Gasteiger charge is -2.11. The number of imide groups is 1. The summed E-state index contributed by atoms with van der Waals surface area (Å²) in [4.78, 5) is 37.0. The second-order valence-electron chi connectivity index (χ2n) is 4.53. The molecule has 1 saturated heterocycles. The third kappa shape index (κ3) is 3.95. The molecule has 0 radical (unpaired) electrons. The molecule has 0 bridgehead atoms. The van der Waals surface area contributed by atoms with Crippen LogP contribution in [0.15, 0.2) is 35.2 Å². The number of benzene rings is 1. The van der Waals surface area contributed by atoms with Crippen molar-refractivity contribution in [3.05, 3.63) is 40.8 Å². The summed E-state index contributed by atoms with van der Waals surface area (Å²) in [5, 5.41) is 2.24. The molecule has 3 amide bonds. The molecule has 2 rings (SSSR count). The highest BCUT2D eigenvalue weighted by atomic mass is 32.2. The van der Waals surface area contributed by atoms with Gasteiger partial charge in [-0.15, -0.1) is 0 Å². The molecule has 1 aliphatic heterocycles. The monoisotopic (exact) mass is 304 g/mol. The van der Waals surface area contributed by atoms with Crippen molar-refractivity contribution in [1.82, 2.24) is 10.2 Å². The Balaban J connectivity index is 2.06. The highest BCUT2D eigenvalue weighted by Gasteiger charge is 2.36. The third-order valence-electron chi connectivity index (χ3n) is 2.84. The van der Waals surface area contributed by atoms with Crippen LogP contribution >= 0.6 is 11.8 Å². The number of thioether (sulfide) groups is 1. The van der Waals surface area contributed by atoms with Crippen molar-refractivity contribution in [2.24, 2.45) is 0 Å². The second-order valence-corrected chi connectivity index (χ2v) is 5.52. The van der Waals surface area contributed by atoms with E-state index in [-0.39, 0.29) is 12.5 Å². The Bertz CT molecular complexity index is 584. The van der Waals surface area contributed by atoms with E-state index < -0.39 is 11.1 Å². The Hall–Kier alpha value is -2.08. The molecule has 1 aromatic rings. The quantitative estimate of drug-likeness (QED) is 0.847. The normalized spacial score (nSPS) is 16.6. The number of nitrogens with zero attached hydrogens (tertiary/aromatic N) is 1. The van der Waals surface area contributed by atoms with Gasteiger partial charge < -0.3 is 5.32 Å². The summed E-state index contributed by atoms with van der Waals surface area (Å²) < 4.78 is 0. The Kier molecular flexibility index (Phi) is 5.16. The van der Waals surface area contributed by atoms with Crippen molar-refractivity contribution < 1.29 is 14.4 Å². The van der Waals surface area contributed by atoms with Crippen molar-refractivity contribution >= 4 is 34.9 Å². The lowest BCUT2D eigenvalue weighted by atomic mass is 10.2. The molecule has 6 heteroatoms. The molecular formula is C15H16N2O3S. The van der Waals surface area contributed by atoms with E-state index in [2.05, 4.69) is 5.32 Å². The minimum absolute atomic E-state index is 0.225. The molecule has 0 atom stereocenters. The smallest absolute Gasteiger partial charge is 0.294 e. The number of carbonyl (C=O) groups excluding carboxylic acids is 3. The first-order valence-electron chi connectivity index (χ1n) is 6.69. The highest BCUT2D eigenvalue weighted by molar-refractivity contribution is 8.18. The molecular weight excluding hydrogens is 288 g/mol. The average molecular weight is 304 g/mol. The SMILES string of the molecule is CCCNC(=O)CN1C(=O)S/C(=C/c2ccccc2)C1=O. The molecule has 1 aliphatic rings. The van der Waals surface area contributed by atoms with Gasteiger partial charge in [0.2, 0.25) is 5.91 Å². The van der Waals surface area contributed by atoms with Gasteiger partial charge in [0.15, 0.2) is 0 Å². The lowest BCUT2D eigenvalue weighted by molar-refractivity contribution is -0.129. The van der Waals surface area contributed by atoms with E-state index in [1.165, 1.54) is 0 Å². The van der Waals surface area contributed by atoms with Gasteiger partial charge >= 0.3 is 0 Å². The van der Waals surface area contributed by atoms with E-state index in [0.717, 1.165) is 28.6 Å². The first-order chi connectivity index (χ1) is 10.1. The lowest BCUT2D eigenvalue weighted by Crippen LogP contribution is -2.39. The van der Waals surface area contributed by atoms with E-state index in [4.69, 9.17) is 0 Å². The molecule has 1 N–H and O–H groups in total. The second kappa shape index (κ2) is 7.08. The van der Waals surface area contributed by atoms with E-state index in [9.17, 15) is 14.4 Å². The van der Waals surface area contributed by atoms with Crippen molar-refractivity contribution in [3.63, 3.8) is 0 Å². The molecule has 5 nitrogen and oxygen atoms in total. The molecule has 0 aliphatic carbocycles. The molecule has 0 spiro atoms. The fourth-order valence-corrected chi connectivity index (χ4v) is 2.64. The predicted octanol–water partition coefficient (Wildman–Crippen LogP) is 2.25. The number of hydrogen-bond donors (Lipinski definition) is 1. The molecule has 1 fully saturated rings. The molecule has 1 aromatic carbocycles. The summed E-state index contributed by atoms with van der Waals surface area (Å²) in [6, 6.07) is 9.29. The number of amides is 3. The van der Waals surface area contributed by atoms with Crippen molar-refractivity contribution in [2.45, 2.75) is 13.3 Å². The van der Waals surface area contributed by atoms with Crippen LogP contribution in [0, 0.1) is 0 Å². The molecule has 21 heavy (non-hydrogen) atoms. The molecule has 0 aromatic heterocycles. The van der Waals surface area contributed by atoms with Gasteiger partial charge in [-0.25, -0.2) is 0 Å². The number of nitrogens with one attached hydrogen (secondary N) is 1. The first kappa shape index (κ1) is 15.3. The maximum absolute atomic E-state index is 12.2. The first-order valence-corrected chi connectivity index (χ1v) is 7.50. The summed E-state index contributed by atoms with van der Waals surface area (Å²) in [6.45, 7) is 2.24. The van der Waals surface area contributed by atoms with Gasteiger partial charge in [0.1, 0.15) is 6.54 Å². The average Bonchev–Trinajstić information content (AvgIpc) is 2.74. The van der Waals surface area contributed by atoms with Gasteiger partial charge in [0, 0.05) is 6.54 Å². The van der Waals surface area contributed by atoms with Gasteiger partial charge in [-0.05, 0) is 29.8 Å². The van der Waals surface area contributed by atoms with Crippen LogP contribution in [0.2, 0.25) is 0 Å². The Labute approximate surface area is 127 Å². The van der Waals surface area contributed by atoms with Crippen LogP contribution in [0.5, 0.6) is 0 Å². The highest BCUT2D eigenvalue weighted by Crippen LogP contribution is 2.31. The fraction of sp³-hybridized carbons (Fsp3) is 0.267. The zero-order valence-electron chi connectivity index (χ0n) is 11.7.